The fourth-order valence-electron chi connectivity index (χ4n) is 2.19. The molecule has 0 radical (unpaired) electrons. The van der Waals surface area contributed by atoms with E-state index >= 15 is 0 Å². The summed E-state index contributed by atoms with van der Waals surface area (Å²) in [6, 6.07) is 0. The van der Waals surface area contributed by atoms with Crippen LogP contribution >= 0.6 is 0 Å². The van der Waals surface area contributed by atoms with Gasteiger partial charge < -0.3 is 20.6 Å². The second kappa shape index (κ2) is 6.51. The van der Waals surface area contributed by atoms with Crippen LogP contribution in [0, 0.1) is 0 Å². The number of ether oxygens (including phenoxy) is 1. The van der Waals surface area contributed by atoms with Crippen LogP contribution in [-0.2, 0) is 21.6 Å². The third-order valence-corrected chi connectivity index (χ3v) is 3.37. The number of anilines is 1. The Morgan fingerprint density at radius 1 is 1.40 bits per heavy atom. The van der Waals surface area contributed by atoms with Crippen molar-refractivity contribution in [1.82, 2.24) is 9.97 Å². The minimum Gasteiger partial charge on any atom is -0.481 e. The van der Waals surface area contributed by atoms with Crippen molar-refractivity contribution in [2.24, 2.45) is 0 Å². The molecule has 0 aromatic carbocycles. The molecule has 4 N–H and O–H groups in total. The lowest BCUT2D eigenvalue weighted by Crippen LogP contribution is -2.34. The van der Waals surface area contributed by atoms with Gasteiger partial charge in [0, 0.05) is 6.61 Å². The van der Waals surface area contributed by atoms with Crippen LogP contribution in [0.4, 0.5) is 5.82 Å². The number of aromatic amines is 1. The first-order valence-electron chi connectivity index (χ1n) is 6.65. The summed E-state index contributed by atoms with van der Waals surface area (Å²) < 4.78 is 5.74. The minimum atomic E-state index is -1.13. The van der Waals surface area contributed by atoms with Gasteiger partial charge in [0.2, 0.25) is 0 Å². The molecule has 1 heterocycles. The van der Waals surface area contributed by atoms with E-state index < -0.39 is 23.6 Å². The summed E-state index contributed by atoms with van der Waals surface area (Å²) in [7, 11) is 0. The van der Waals surface area contributed by atoms with Crippen molar-refractivity contribution in [2.45, 2.75) is 45.6 Å². The molecule has 0 aliphatic heterocycles. The summed E-state index contributed by atoms with van der Waals surface area (Å²) in [5.74, 6) is -0.836. The summed E-state index contributed by atoms with van der Waals surface area (Å²) >= 11 is 0. The SMILES string of the molecule is CCOC(CC)(CC)c1nc(N)c(CC(=O)O)c(=O)[nH]1. The Hall–Kier alpha value is -1.89. The monoisotopic (exact) mass is 283 g/mol. The van der Waals surface area contributed by atoms with Crippen LogP contribution in [0.2, 0.25) is 0 Å². The smallest absolute Gasteiger partial charge is 0.308 e. The molecule has 112 valence electrons. The normalized spacial score (nSPS) is 11.6. The van der Waals surface area contributed by atoms with Gasteiger partial charge in [-0.25, -0.2) is 4.98 Å². The highest BCUT2D eigenvalue weighted by molar-refractivity contribution is 5.71. The van der Waals surface area contributed by atoms with Crippen LogP contribution < -0.4 is 11.3 Å². The van der Waals surface area contributed by atoms with Gasteiger partial charge in [-0.2, -0.15) is 0 Å². The van der Waals surface area contributed by atoms with Crippen molar-refractivity contribution < 1.29 is 14.6 Å². The Balaban J connectivity index is 3.34. The molecule has 0 bridgehead atoms. The topological polar surface area (TPSA) is 118 Å². The molecule has 0 aliphatic carbocycles. The standard InChI is InChI=1S/C13H21N3O4/c1-4-13(5-2,20-6-3)12-15-10(14)8(7-9(17)18)11(19)16-12/h4-7H2,1-3H3,(H,17,18)(H3,14,15,16,19). The molecule has 0 aliphatic rings. The number of rotatable bonds is 7. The molecule has 0 unspecified atom stereocenters. The van der Waals surface area contributed by atoms with Crippen LogP contribution in [0.1, 0.15) is 45.0 Å². The van der Waals surface area contributed by atoms with Gasteiger partial charge in [-0.3, -0.25) is 9.59 Å². The number of nitrogens with two attached hydrogens (primary N) is 1. The molecule has 0 fully saturated rings. The van der Waals surface area contributed by atoms with Crippen molar-refractivity contribution in [2.75, 3.05) is 12.3 Å². The molecule has 7 heteroatoms. The lowest BCUT2D eigenvalue weighted by atomic mass is 9.95. The maximum Gasteiger partial charge on any atom is 0.308 e. The van der Waals surface area contributed by atoms with Crippen molar-refractivity contribution in [3.8, 4) is 0 Å². The summed E-state index contributed by atoms with van der Waals surface area (Å²) in [5.41, 5.74) is 4.46. The van der Waals surface area contributed by atoms with Crippen molar-refractivity contribution in [3.05, 3.63) is 21.7 Å². The number of carbonyl (C=O) groups is 1. The maximum absolute atomic E-state index is 12.0. The van der Waals surface area contributed by atoms with Gasteiger partial charge in [0.05, 0.1) is 12.0 Å². The third-order valence-electron chi connectivity index (χ3n) is 3.37. The Kier molecular flexibility index (Phi) is 5.26. The highest BCUT2D eigenvalue weighted by Gasteiger charge is 2.32. The zero-order chi connectivity index (χ0) is 15.3. The number of aromatic nitrogens is 2. The first-order chi connectivity index (χ1) is 9.40. The average molecular weight is 283 g/mol. The fourth-order valence-corrected chi connectivity index (χ4v) is 2.19. The molecule has 1 aromatic rings. The Morgan fingerprint density at radius 3 is 2.40 bits per heavy atom. The van der Waals surface area contributed by atoms with E-state index in [-0.39, 0.29) is 11.4 Å². The Morgan fingerprint density at radius 2 is 2.00 bits per heavy atom. The highest BCUT2D eigenvalue weighted by Crippen LogP contribution is 2.30. The molecular formula is C13H21N3O4. The van der Waals surface area contributed by atoms with Crippen molar-refractivity contribution in [1.29, 1.82) is 0 Å². The minimum absolute atomic E-state index is 0.0288. The van der Waals surface area contributed by atoms with E-state index in [9.17, 15) is 9.59 Å². The van der Waals surface area contributed by atoms with Gasteiger partial charge in [0.25, 0.3) is 5.56 Å². The van der Waals surface area contributed by atoms with E-state index in [1.807, 2.05) is 20.8 Å². The van der Waals surface area contributed by atoms with E-state index in [1.165, 1.54) is 0 Å². The summed E-state index contributed by atoms with van der Waals surface area (Å²) in [4.78, 5) is 29.5. The first-order valence-corrected chi connectivity index (χ1v) is 6.65. The lowest BCUT2D eigenvalue weighted by molar-refractivity contribution is -0.136. The molecule has 0 atom stereocenters. The quantitative estimate of drug-likeness (QED) is 0.687. The third kappa shape index (κ3) is 3.16. The number of nitrogens with one attached hydrogen (secondary N) is 1. The van der Waals surface area contributed by atoms with Crippen molar-refractivity contribution >= 4 is 11.8 Å². The van der Waals surface area contributed by atoms with Crippen molar-refractivity contribution in [3.63, 3.8) is 0 Å². The Labute approximate surface area is 117 Å². The van der Waals surface area contributed by atoms with Gasteiger partial charge in [0.1, 0.15) is 17.2 Å². The Bertz CT molecular complexity index is 535. The average Bonchev–Trinajstić information content (AvgIpc) is 2.40. The summed E-state index contributed by atoms with van der Waals surface area (Å²) in [5, 5.41) is 8.76. The number of aliphatic carboxylic acids is 1. The largest absolute Gasteiger partial charge is 0.481 e. The number of carboxylic acid groups (broad SMARTS) is 1. The van der Waals surface area contributed by atoms with Crippen LogP contribution in [0.25, 0.3) is 0 Å². The number of hydrogen-bond acceptors (Lipinski definition) is 5. The van der Waals surface area contributed by atoms with Crippen LogP contribution in [0.5, 0.6) is 0 Å². The number of nitrogens with zero attached hydrogens (tertiary/aromatic N) is 1. The second-order valence-electron chi connectivity index (χ2n) is 4.48. The van der Waals surface area contributed by atoms with Gasteiger partial charge >= 0.3 is 5.97 Å². The zero-order valence-corrected chi connectivity index (χ0v) is 12.0. The van der Waals surface area contributed by atoms with Crippen LogP contribution in [0.15, 0.2) is 4.79 Å². The number of nitrogen functional groups attached to an aromatic ring is 1. The molecular weight excluding hydrogens is 262 g/mol. The van der Waals surface area contributed by atoms with Gasteiger partial charge in [-0.1, -0.05) is 13.8 Å². The molecule has 0 spiro atoms. The number of hydrogen-bond donors (Lipinski definition) is 3. The summed E-state index contributed by atoms with van der Waals surface area (Å²) in [6.45, 7) is 6.20. The fraction of sp³-hybridized carbons (Fsp3) is 0.615. The van der Waals surface area contributed by atoms with Gasteiger partial charge in [0.15, 0.2) is 0 Å². The first kappa shape index (κ1) is 16.2. The zero-order valence-electron chi connectivity index (χ0n) is 12.0. The highest BCUT2D eigenvalue weighted by atomic mass is 16.5. The van der Waals surface area contributed by atoms with Gasteiger partial charge in [-0.15, -0.1) is 0 Å². The van der Waals surface area contributed by atoms with E-state index in [2.05, 4.69) is 9.97 Å². The number of carboxylic acids is 1. The molecule has 1 aromatic heterocycles. The number of H-pyrrole nitrogens is 1. The maximum atomic E-state index is 12.0. The molecule has 0 saturated heterocycles. The van der Waals surface area contributed by atoms with E-state index in [0.29, 0.717) is 25.3 Å². The van der Waals surface area contributed by atoms with E-state index in [4.69, 9.17) is 15.6 Å². The molecule has 1 rings (SSSR count). The summed E-state index contributed by atoms with van der Waals surface area (Å²) in [6.07, 6.45) is 0.796. The van der Waals surface area contributed by atoms with Crippen LogP contribution in [-0.4, -0.2) is 27.7 Å². The predicted molar refractivity (Wildman–Crippen MR) is 74.5 cm³/mol. The lowest BCUT2D eigenvalue weighted by Gasteiger charge is -2.30. The van der Waals surface area contributed by atoms with Crippen LogP contribution in [0.3, 0.4) is 0 Å². The van der Waals surface area contributed by atoms with E-state index in [1.54, 1.807) is 0 Å². The predicted octanol–water partition coefficient (Wildman–Crippen LogP) is 1.03. The molecule has 0 saturated carbocycles. The van der Waals surface area contributed by atoms with E-state index in [0.717, 1.165) is 0 Å². The molecule has 20 heavy (non-hydrogen) atoms. The second-order valence-corrected chi connectivity index (χ2v) is 4.48. The molecule has 0 amide bonds. The van der Waals surface area contributed by atoms with Gasteiger partial charge in [-0.05, 0) is 19.8 Å². The molecule has 7 nitrogen and oxygen atoms in total.